The quantitative estimate of drug-likeness (QED) is 0.0113. The van der Waals surface area contributed by atoms with Crippen molar-refractivity contribution in [1.29, 1.82) is 0 Å². The van der Waals surface area contributed by atoms with Crippen molar-refractivity contribution in [2.75, 3.05) is 44.4 Å². The van der Waals surface area contributed by atoms with Gasteiger partial charge in [-0.3, -0.25) is 55.9 Å². The van der Waals surface area contributed by atoms with Gasteiger partial charge in [0.25, 0.3) is 0 Å². The van der Waals surface area contributed by atoms with E-state index in [4.69, 9.17) is 60.0 Å². The van der Waals surface area contributed by atoms with Crippen LogP contribution in [0, 0.1) is 0 Å². The summed E-state index contributed by atoms with van der Waals surface area (Å²) in [6, 6.07) is 36.7. The molecule has 3 aliphatic carbocycles. The summed E-state index contributed by atoms with van der Waals surface area (Å²) in [5, 5.41) is 0.384. The summed E-state index contributed by atoms with van der Waals surface area (Å²) in [5.74, 6) is -6.34. The fourth-order valence-corrected chi connectivity index (χ4v) is 16.9. The van der Waals surface area contributed by atoms with Crippen LogP contribution in [0.2, 0.25) is 0 Å². The Kier molecular flexibility index (Phi) is 32.6. The fourth-order valence-electron chi connectivity index (χ4n) is 14.1. The van der Waals surface area contributed by atoms with Gasteiger partial charge in [-0.25, -0.2) is 13.9 Å². The second-order valence-electron chi connectivity index (χ2n) is 27.5. The SMILES string of the molecule is CCCCCCCC(=O)OC[C@H](COP(=O)(OCC1c2ccccc2-c2ccccc21)O[C@@H]1[C@H](OC(=O)CCC)[C@H](OP(=O)(OCc2cc(=O)oc3cc(N(CC)CC)ccc23)OCC2c3ccccc3-c3ccccc32)[C@@H](OC(=O)CCC)[C@H](OC(=O)CCC)[C@H]1OC(=O)CCC)OC(=O)CCCCCCC. The number of carbonyl (C=O) groups is 6. The Morgan fingerprint density at radius 3 is 1.24 bits per heavy atom. The molecular formula is C83H107NO22P2. The Bertz CT molecular complexity index is 4040. The number of rotatable bonds is 46. The van der Waals surface area contributed by atoms with Gasteiger partial charge in [0.2, 0.25) is 0 Å². The molecule has 0 spiro atoms. The van der Waals surface area contributed by atoms with Gasteiger partial charge in [0.1, 0.15) is 24.4 Å². The molecule has 0 N–H and O–H groups in total. The Balaban J connectivity index is 1.22. The average molecular weight is 1530 g/mol. The first-order chi connectivity index (χ1) is 52.3. The van der Waals surface area contributed by atoms with Gasteiger partial charge in [0.05, 0.1) is 26.4 Å². The van der Waals surface area contributed by atoms with Crippen molar-refractivity contribution in [2.45, 2.75) is 245 Å². The molecular weight excluding hydrogens is 1420 g/mol. The third-order valence-corrected chi connectivity index (χ3v) is 22.3. The molecule has 9 atom stereocenters. The molecule has 0 saturated heterocycles. The summed E-state index contributed by atoms with van der Waals surface area (Å²) in [4.78, 5) is 102. The number of ether oxygens (including phenoxy) is 6. The third kappa shape index (κ3) is 22.7. The molecule has 3 aliphatic rings. The molecule has 586 valence electrons. The van der Waals surface area contributed by atoms with Crippen LogP contribution < -0.4 is 10.5 Å². The van der Waals surface area contributed by atoms with Crippen LogP contribution >= 0.6 is 15.6 Å². The molecule has 1 aromatic heterocycles. The standard InChI is InChI=1S/C83H107NO22P2/c1-9-17-19-21-23-45-71(85)94-52-58(99-76(90)46-24-22-20-18-10-2)53-96-108(93,98-55-69-66-43-31-27-39-62(66)63-40-28-32-44-67(63)69)106-83-80(103-74(88)35-13-5)78(101-72(86)33-11-3)79(102-73(87)34-12-4)82(81(83)104-75(89)36-14-6)105-107(92,97-54-68-64-41-29-25-37-60(64)61-38-26-30-42-65(61)68)95-51-56-49-77(91)100-70-50-57(47-48-59(56)70)84(15-7)16-8/h25-32,37-44,47-50,58,68-69,78-83H,9-24,33-36,45-46,51-55H2,1-8H3/t58-,78+,79+,80-,81-,82-,83+,107?,108?/m1/s1. The predicted molar refractivity (Wildman–Crippen MR) is 408 cm³/mol. The molecule has 1 fully saturated rings. The minimum absolute atomic E-state index is 0.0221. The first-order valence-electron chi connectivity index (χ1n) is 38.8. The summed E-state index contributed by atoms with van der Waals surface area (Å²) in [7, 11) is -11.0. The molecule has 9 rings (SSSR count). The number of carbonyl (C=O) groups excluding carboxylic acids is 6. The van der Waals surface area contributed by atoms with Gasteiger partial charge in [0, 0.05) is 86.7 Å². The third-order valence-electron chi connectivity index (χ3n) is 19.5. The molecule has 1 saturated carbocycles. The van der Waals surface area contributed by atoms with E-state index in [1.165, 1.54) is 6.07 Å². The van der Waals surface area contributed by atoms with Gasteiger partial charge < -0.3 is 37.7 Å². The molecule has 6 aromatic rings. The average Bonchev–Trinajstić information content (AvgIpc) is 1.50. The Morgan fingerprint density at radius 2 is 0.815 bits per heavy atom. The Labute approximate surface area is 634 Å². The minimum Gasteiger partial charge on any atom is -0.462 e. The number of esters is 6. The fraction of sp³-hybridized carbons (Fsp3) is 0.530. The van der Waals surface area contributed by atoms with Crippen molar-refractivity contribution >= 4 is 68.1 Å². The number of nitrogens with zero attached hydrogens (tertiary/aromatic N) is 1. The number of hydrogen-bond donors (Lipinski definition) is 0. The largest absolute Gasteiger partial charge is 0.475 e. The molecule has 23 nitrogen and oxygen atoms in total. The van der Waals surface area contributed by atoms with Crippen molar-refractivity contribution in [1.82, 2.24) is 0 Å². The van der Waals surface area contributed by atoms with E-state index in [1.54, 1.807) is 39.8 Å². The lowest BCUT2D eigenvalue weighted by atomic mass is 9.84. The zero-order chi connectivity index (χ0) is 77.2. The molecule has 0 amide bonds. The van der Waals surface area contributed by atoms with E-state index in [0.717, 1.165) is 102 Å². The normalized spacial score (nSPS) is 18.7. The number of benzene rings is 5. The van der Waals surface area contributed by atoms with Crippen LogP contribution in [-0.2, 0) is 100 Å². The Morgan fingerprint density at radius 1 is 0.417 bits per heavy atom. The van der Waals surface area contributed by atoms with E-state index in [2.05, 4.69) is 18.7 Å². The van der Waals surface area contributed by atoms with E-state index in [9.17, 15) is 33.6 Å². The van der Waals surface area contributed by atoms with E-state index in [1.807, 2.05) is 117 Å². The van der Waals surface area contributed by atoms with Crippen LogP contribution in [0.15, 0.2) is 131 Å². The Hall–Kier alpha value is -7.85. The van der Waals surface area contributed by atoms with Gasteiger partial charge in [-0.05, 0) is 115 Å². The molecule has 0 aliphatic heterocycles. The van der Waals surface area contributed by atoms with E-state index in [-0.39, 0.29) is 75.4 Å². The maximum atomic E-state index is 16.9. The first-order valence-corrected chi connectivity index (χ1v) is 41.7. The van der Waals surface area contributed by atoms with Crippen LogP contribution in [-0.4, -0.2) is 118 Å². The lowest BCUT2D eigenvalue weighted by Gasteiger charge is -2.48. The van der Waals surface area contributed by atoms with Crippen LogP contribution in [0.4, 0.5) is 5.69 Å². The number of hydrogen-bond acceptors (Lipinski definition) is 23. The monoisotopic (exact) mass is 1530 g/mol. The summed E-state index contributed by atoms with van der Waals surface area (Å²) in [6.07, 6.45) is -6.59. The topological polar surface area (TPSA) is 281 Å². The molecule has 2 unspecified atom stereocenters. The maximum absolute atomic E-state index is 16.9. The van der Waals surface area contributed by atoms with Crippen molar-refractivity contribution in [2.24, 2.45) is 0 Å². The maximum Gasteiger partial charge on any atom is 0.475 e. The zero-order valence-corrected chi connectivity index (χ0v) is 65.4. The van der Waals surface area contributed by atoms with Crippen molar-refractivity contribution in [3.05, 3.63) is 160 Å². The van der Waals surface area contributed by atoms with Gasteiger partial charge >= 0.3 is 57.1 Å². The summed E-state index contributed by atoms with van der Waals surface area (Å²) in [5.41, 5.74) is 6.90. The minimum atomic E-state index is -5.55. The van der Waals surface area contributed by atoms with E-state index in [0.29, 0.717) is 31.3 Å². The van der Waals surface area contributed by atoms with Gasteiger partial charge in [-0.2, -0.15) is 0 Å². The lowest BCUT2D eigenvalue weighted by Crippen LogP contribution is -2.68. The van der Waals surface area contributed by atoms with Crippen LogP contribution in [0.1, 0.15) is 223 Å². The zero-order valence-electron chi connectivity index (χ0n) is 63.7. The smallest absolute Gasteiger partial charge is 0.462 e. The summed E-state index contributed by atoms with van der Waals surface area (Å²) < 4.78 is 117. The number of phosphoric acid groups is 2. The highest BCUT2D eigenvalue weighted by atomic mass is 31.2. The molecule has 1 heterocycles. The second-order valence-corrected chi connectivity index (χ2v) is 30.8. The predicted octanol–water partition coefficient (Wildman–Crippen LogP) is 17.9. The first kappa shape index (κ1) is 84.2. The van der Waals surface area contributed by atoms with E-state index < -0.39 is 145 Å². The number of fused-ring (bicyclic) bond motifs is 7. The van der Waals surface area contributed by atoms with Crippen LogP contribution in [0.5, 0.6) is 0 Å². The van der Waals surface area contributed by atoms with Crippen LogP contribution in [0.3, 0.4) is 0 Å². The molecule has 0 bridgehead atoms. The van der Waals surface area contributed by atoms with Crippen LogP contribution in [0.25, 0.3) is 33.2 Å². The van der Waals surface area contributed by atoms with Gasteiger partial charge in [-0.1, -0.05) is 190 Å². The number of phosphoric ester groups is 2. The number of unbranched alkanes of at least 4 members (excludes halogenated alkanes) is 8. The number of anilines is 1. The van der Waals surface area contributed by atoms with Gasteiger partial charge in [-0.15, -0.1) is 0 Å². The highest BCUT2D eigenvalue weighted by molar-refractivity contribution is 7.48. The molecule has 0 radical (unpaired) electrons. The van der Waals surface area contributed by atoms with E-state index >= 15 is 9.13 Å². The highest BCUT2D eigenvalue weighted by Crippen LogP contribution is 2.60. The molecule has 25 heteroatoms. The summed E-state index contributed by atoms with van der Waals surface area (Å²) in [6.45, 7) is 13.2. The van der Waals surface area contributed by atoms with Gasteiger partial charge in [0.15, 0.2) is 30.5 Å². The summed E-state index contributed by atoms with van der Waals surface area (Å²) >= 11 is 0. The van der Waals surface area contributed by atoms with Crippen molar-refractivity contribution < 1.29 is 97.9 Å². The molecule has 108 heavy (non-hydrogen) atoms. The molecule has 5 aromatic carbocycles. The lowest BCUT2D eigenvalue weighted by molar-refractivity contribution is -0.249. The van der Waals surface area contributed by atoms with Crippen molar-refractivity contribution in [3.63, 3.8) is 0 Å². The second kappa shape index (κ2) is 41.8. The highest BCUT2D eigenvalue weighted by Gasteiger charge is 2.63. The van der Waals surface area contributed by atoms with Crippen molar-refractivity contribution in [3.8, 4) is 22.3 Å².